The summed E-state index contributed by atoms with van der Waals surface area (Å²) >= 11 is 0. The van der Waals surface area contributed by atoms with Crippen LogP contribution in [0.1, 0.15) is 54.9 Å². The van der Waals surface area contributed by atoms with Crippen molar-refractivity contribution >= 4 is 11.6 Å². The van der Waals surface area contributed by atoms with Gasteiger partial charge in [-0.3, -0.25) is 4.79 Å². The zero-order valence-corrected chi connectivity index (χ0v) is 14.0. The maximum Gasteiger partial charge on any atom is 0.255 e. The molecule has 0 N–H and O–H groups in total. The van der Waals surface area contributed by atoms with Gasteiger partial charge in [-0.15, -0.1) is 0 Å². The smallest absolute Gasteiger partial charge is 0.255 e. The third kappa shape index (κ3) is 3.29. The van der Waals surface area contributed by atoms with Gasteiger partial charge >= 0.3 is 0 Å². The first kappa shape index (κ1) is 15.4. The van der Waals surface area contributed by atoms with E-state index in [-0.39, 0.29) is 5.91 Å². The van der Waals surface area contributed by atoms with Crippen molar-refractivity contribution in [3.8, 4) is 0 Å². The molecule has 0 aliphatic carbocycles. The molecular formula is C19H28N2O. The molecule has 1 atom stereocenters. The van der Waals surface area contributed by atoms with E-state index < -0.39 is 0 Å². The third-order valence-corrected chi connectivity index (χ3v) is 5.13. The standard InChI is InChI=1S/C19H28N2O/c1-15-6-5-12-21(13-9-15)19(22)17-14-16(2)7-8-18(17)20-10-3-4-11-20/h7-8,14-15H,3-6,9-13H2,1-2H3. The highest BCUT2D eigenvalue weighted by molar-refractivity contribution is 6.00. The molecule has 0 aromatic heterocycles. The van der Waals surface area contributed by atoms with Gasteiger partial charge in [0, 0.05) is 31.9 Å². The Bertz CT molecular complexity index is 534. The number of anilines is 1. The molecule has 1 unspecified atom stereocenters. The number of likely N-dealkylation sites (tertiary alicyclic amines) is 1. The lowest BCUT2D eigenvalue weighted by Crippen LogP contribution is -2.33. The summed E-state index contributed by atoms with van der Waals surface area (Å²) in [5.41, 5.74) is 3.23. The molecule has 1 aromatic rings. The average Bonchev–Trinajstić information content (AvgIpc) is 2.95. The van der Waals surface area contributed by atoms with Gasteiger partial charge in [-0.1, -0.05) is 18.6 Å². The van der Waals surface area contributed by atoms with Crippen LogP contribution in [0.15, 0.2) is 18.2 Å². The average molecular weight is 300 g/mol. The fourth-order valence-corrected chi connectivity index (χ4v) is 3.69. The van der Waals surface area contributed by atoms with Crippen LogP contribution in [0, 0.1) is 12.8 Å². The lowest BCUT2D eigenvalue weighted by atomic mass is 10.0. The van der Waals surface area contributed by atoms with E-state index in [1.165, 1.54) is 24.8 Å². The highest BCUT2D eigenvalue weighted by Crippen LogP contribution is 2.28. The monoisotopic (exact) mass is 300 g/mol. The van der Waals surface area contributed by atoms with Gasteiger partial charge in [-0.2, -0.15) is 0 Å². The summed E-state index contributed by atoms with van der Waals surface area (Å²) in [5.74, 6) is 0.980. The summed E-state index contributed by atoms with van der Waals surface area (Å²) in [5, 5.41) is 0. The molecule has 3 heteroatoms. The number of hydrogen-bond donors (Lipinski definition) is 0. The van der Waals surface area contributed by atoms with E-state index in [1.807, 2.05) is 0 Å². The number of amides is 1. The van der Waals surface area contributed by atoms with Gasteiger partial charge in [0.2, 0.25) is 0 Å². The van der Waals surface area contributed by atoms with Crippen molar-refractivity contribution in [3.05, 3.63) is 29.3 Å². The van der Waals surface area contributed by atoms with Gasteiger partial charge < -0.3 is 9.80 Å². The molecule has 22 heavy (non-hydrogen) atoms. The summed E-state index contributed by atoms with van der Waals surface area (Å²) in [4.78, 5) is 17.6. The topological polar surface area (TPSA) is 23.6 Å². The SMILES string of the molecule is Cc1ccc(N2CCCC2)c(C(=O)N2CCCC(C)CC2)c1. The minimum absolute atomic E-state index is 0.236. The molecule has 2 aliphatic rings. The van der Waals surface area contributed by atoms with Gasteiger partial charge in [0.1, 0.15) is 0 Å². The van der Waals surface area contributed by atoms with E-state index in [2.05, 4.69) is 41.8 Å². The summed E-state index contributed by atoms with van der Waals surface area (Å²) in [6.07, 6.45) is 6.00. The lowest BCUT2D eigenvalue weighted by molar-refractivity contribution is 0.0761. The van der Waals surface area contributed by atoms with Crippen molar-refractivity contribution in [3.63, 3.8) is 0 Å². The van der Waals surface area contributed by atoms with Crippen molar-refractivity contribution in [2.45, 2.75) is 46.0 Å². The maximum atomic E-state index is 13.1. The second kappa shape index (κ2) is 6.72. The molecular weight excluding hydrogens is 272 g/mol. The highest BCUT2D eigenvalue weighted by Gasteiger charge is 2.24. The van der Waals surface area contributed by atoms with Crippen LogP contribution < -0.4 is 4.90 Å². The first-order chi connectivity index (χ1) is 10.6. The van der Waals surface area contributed by atoms with Crippen LogP contribution in [-0.4, -0.2) is 37.0 Å². The van der Waals surface area contributed by atoms with Gasteiger partial charge in [0.05, 0.1) is 5.56 Å². The van der Waals surface area contributed by atoms with Crippen LogP contribution in [0.5, 0.6) is 0 Å². The number of aryl methyl sites for hydroxylation is 1. The molecule has 0 bridgehead atoms. The Morgan fingerprint density at radius 2 is 1.82 bits per heavy atom. The summed E-state index contributed by atoms with van der Waals surface area (Å²) < 4.78 is 0. The lowest BCUT2D eigenvalue weighted by Gasteiger charge is -2.26. The molecule has 0 spiro atoms. The molecule has 2 saturated heterocycles. The van der Waals surface area contributed by atoms with Crippen LogP contribution >= 0.6 is 0 Å². The number of carbonyl (C=O) groups is 1. The molecule has 2 aliphatic heterocycles. The predicted octanol–water partition coefficient (Wildman–Crippen LogP) is 3.86. The van der Waals surface area contributed by atoms with Crippen LogP contribution in [0.3, 0.4) is 0 Å². The van der Waals surface area contributed by atoms with Crippen molar-refractivity contribution in [1.29, 1.82) is 0 Å². The number of rotatable bonds is 2. The fraction of sp³-hybridized carbons (Fsp3) is 0.632. The Kier molecular flexibility index (Phi) is 4.70. The van der Waals surface area contributed by atoms with Crippen molar-refractivity contribution in [2.75, 3.05) is 31.1 Å². The zero-order chi connectivity index (χ0) is 15.5. The summed E-state index contributed by atoms with van der Waals surface area (Å²) in [6, 6.07) is 6.37. The van der Waals surface area contributed by atoms with Gasteiger partial charge in [0.15, 0.2) is 0 Å². The van der Waals surface area contributed by atoms with Crippen LogP contribution in [-0.2, 0) is 0 Å². The van der Waals surface area contributed by atoms with Gasteiger partial charge in [-0.25, -0.2) is 0 Å². The van der Waals surface area contributed by atoms with Gasteiger partial charge in [0.25, 0.3) is 5.91 Å². The number of nitrogens with zero attached hydrogens (tertiary/aromatic N) is 2. The maximum absolute atomic E-state index is 13.1. The Hall–Kier alpha value is -1.51. The Labute approximate surface area is 134 Å². The Balaban J connectivity index is 1.85. The van der Waals surface area contributed by atoms with E-state index in [0.29, 0.717) is 0 Å². The highest BCUT2D eigenvalue weighted by atomic mass is 16.2. The minimum atomic E-state index is 0.236. The van der Waals surface area contributed by atoms with Crippen LogP contribution in [0.2, 0.25) is 0 Å². The molecule has 0 radical (unpaired) electrons. The van der Waals surface area contributed by atoms with Crippen LogP contribution in [0.25, 0.3) is 0 Å². The first-order valence-corrected chi connectivity index (χ1v) is 8.80. The summed E-state index contributed by atoms with van der Waals surface area (Å²) in [7, 11) is 0. The Morgan fingerprint density at radius 3 is 2.59 bits per heavy atom. The van der Waals surface area contributed by atoms with Crippen LogP contribution in [0.4, 0.5) is 5.69 Å². The summed E-state index contributed by atoms with van der Waals surface area (Å²) in [6.45, 7) is 8.37. The van der Waals surface area contributed by atoms with Gasteiger partial charge in [-0.05, 0) is 57.1 Å². The second-order valence-electron chi connectivity index (χ2n) is 7.04. The van der Waals surface area contributed by atoms with E-state index >= 15 is 0 Å². The quantitative estimate of drug-likeness (QED) is 0.828. The molecule has 2 fully saturated rings. The normalized spacial score (nSPS) is 22.7. The number of benzene rings is 1. The number of hydrogen-bond acceptors (Lipinski definition) is 2. The van der Waals surface area contributed by atoms with E-state index in [0.717, 1.165) is 56.2 Å². The number of carbonyl (C=O) groups excluding carboxylic acids is 1. The fourth-order valence-electron chi connectivity index (χ4n) is 3.69. The van der Waals surface area contributed by atoms with E-state index in [1.54, 1.807) is 0 Å². The third-order valence-electron chi connectivity index (χ3n) is 5.13. The second-order valence-corrected chi connectivity index (χ2v) is 7.04. The van der Waals surface area contributed by atoms with Crippen molar-refractivity contribution < 1.29 is 4.79 Å². The largest absolute Gasteiger partial charge is 0.371 e. The minimum Gasteiger partial charge on any atom is -0.371 e. The van der Waals surface area contributed by atoms with E-state index in [9.17, 15) is 4.79 Å². The first-order valence-electron chi connectivity index (χ1n) is 8.80. The van der Waals surface area contributed by atoms with E-state index in [4.69, 9.17) is 0 Å². The Morgan fingerprint density at radius 1 is 1.05 bits per heavy atom. The molecule has 2 heterocycles. The zero-order valence-electron chi connectivity index (χ0n) is 14.0. The molecule has 120 valence electrons. The molecule has 1 amide bonds. The molecule has 3 rings (SSSR count). The predicted molar refractivity (Wildman–Crippen MR) is 91.5 cm³/mol. The molecule has 3 nitrogen and oxygen atoms in total. The molecule has 0 saturated carbocycles. The van der Waals surface area contributed by atoms with Crippen molar-refractivity contribution in [2.24, 2.45) is 5.92 Å². The van der Waals surface area contributed by atoms with Crippen molar-refractivity contribution in [1.82, 2.24) is 4.90 Å². The molecule has 1 aromatic carbocycles.